The summed E-state index contributed by atoms with van der Waals surface area (Å²) in [7, 11) is -3.22. The molecule has 0 fully saturated rings. The Morgan fingerprint density at radius 2 is 0.686 bits per heavy atom. The Morgan fingerprint density at radius 3 is 1.26 bits per heavy atom. The second-order valence-corrected chi connectivity index (χ2v) is 22.1. The highest BCUT2D eigenvalue weighted by molar-refractivity contribution is 7.20. The van der Waals surface area contributed by atoms with Gasteiger partial charge in [0.15, 0.2) is 8.07 Å². The van der Waals surface area contributed by atoms with Crippen molar-refractivity contribution in [1.29, 1.82) is 0 Å². The molecule has 4 heteroatoms. The Morgan fingerprint density at radius 1 is 0.271 bits per heavy atom. The third-order valence-corrected chi connectivity index (χ3v) is 19.5. The first-order valence-electron chi connectivity index (χ1n) is 24.2. The zero-order valence-electron chi connectivity index (χ0n) is 38.3. The van der Waals surface area contributed by atoms with Gasteiger partial charge in [0.1, 0.15) is 0 Å². The molecule has 11 aromatic carbocycles. The maximum atomic E-state index is 2.63. The summed E-state index contributed by atoms with van der Waals surface area (Å²) in [5.41, 5.74) is 12.9. The SMILES string of the molecule is c1ccc(-c2ccccc2-n2c3ccccc3c3c(-n4c5ccccc5c5cc(-n6c7ccccc7c7ccccc76)cc([Si](c6ccccc6)(c6ccccc6)c6ccccc6)c54)cccc32)cc1. The van der Waals surface area contributed by atoms with Crippen molar-refractivity contribution in [3.63, 3.8) is 0 Å². The maximum Gasteiger partial charge on any atom is 0.181 e. The van der Waals surface area contributed by atoms with Crippen LogP contribution in [0.2, 0.25) is 0 Å². The average molecular weight is 908 g/mol. The predicted molar refractivity (Wildman–Crippen MR) is 299 cm³/mol. The van der Waals surface area contributed by atoms with Crippen LogP contribution in [0.25, 0.3) is 93.6 Å². The molecular formula is C66H45N3Si. The summed E-state index contributed by atoms with van der Waals surface area (Å²) >= 11 is 0. The van der Waals surface area contributed by atoms with Gasteiger partial charge in [0.25, 0.3) is 0 Å². The van der Waals surface area contributed by atoms with Crippen molar-refractivity contribution in [2.24, 2.45) is 0 Å². The molecule has 3 aromatic heterocycles. The van der Waals surface area contributed by atoms with Crippen molar-refractivity contribution in [3.05, 3.63) is 273 Å². The lowest BCUT2D eigenvalue weighted by Gasteiger charge is -2.35. The lowest BCUT2D eigenvalue weighted by Crippen LogP contribution is -2.75. The van der Waals surface area contributed by atoms with E-state index < -0.39 is 8.07 Å². The van der Waals surface area contributed by atoms with Crippen LogP contribution in [-0.2, 0) is 0 Å². The minimum absolute atomic E-state index is 1.15. The Labute approximate surface area is 407 Å². The molecule has 0 aliphatic carbocycles. The first-order valence-corrected chi connectivity index (χ1v) is 26.2. The van der Waals surface area contributed by atoms with E-state index in [4.69, 9.17) is 0 Å². The van der Waals surface area contributed by atoms with Gasteiger partial charge in [-0.1, -0.05) is 218 Å². The summed E-state index contributed by atoms with van der Waals surface area (Å²) in [4.78, 5) is 0. The van der Waals surface area contributed by atoms with Gasteiger partial charge in [0, 0.05) is 43.6 Å². The number of rotatable bonds is 8. The topological polar surface area (TPSA) is 14.8 Å². The van der Waals surface area contributed by atoms with Gasteiger partial charge in [0.05, 0.1) is 44.5 Å². The van der Waals surface area contributed by atoms with Crippen LogP contribution in [-0.4, -0.2) is 21.8 Å². The number of hydrogen-bond acceptors (Lipinski definition) is 0. The smallest absolute Gasteiger partial charge is 0.181 e. The highest BCUT2D eigenvalue weighted by Crippen LogP contribution is 2.43. The predicted octanol–water partition coefficient (Wildman–Crippen LogP) is 14.0. The third kappa shape index (κ3) is 5.87. The molecule has 0 saturated heterocycles. The molecule has 14 aromatic rings. The number of benzene rings is 11. The van der Waals surface area contributed by atoms with E-state index in [1.165, 1.54) is 91.8 Å². The Hall–Kier alpha value is -8.96. The van der Waals surface area contributed by atoms with Gasteiger partial charge in [-0.2, -0.15) is 0 Å². The molecule has 0 bridgehead atoms. The largest absolute Gasteiger partial charge is 0.309 e. The summed E-state index contributed by atoms with van der Waals surface area (Å²) in [6.07, 6.45) is 0. The van der Waals surface area contributed by atoms with Gasteiger partial charge in [-0.05, 0) is 80.9 Å². The highest BCUT2D eigenvalue weighted by atomic mass is 28.3. The Kier molecular flexibility index (Phi) is 9.23. The van der Waals surface area contributed by atoms with Crippen molar-refractivity contribution in [2.45, 2.75) is 0 Å². The number of aromatic nitrogens is 3. The van der Waals surface area contributed by atoms with E-state index in [9.17, 15) is 0 Å². The molecule has 0 N–H and O–H groups in total. The monoisotopic (exact) mass is 907 g/mol. The van der Waals surface area contributed by atoms with Crippen LogP contribution in [0.15, 0.2) is 273 Å². The lowest BCUT2D eigenvalue weighted by molar-refractivity contribution is 1.17. The summed E-state index contributed by atoms with van der Waals surface area (Å²) < 4.78 is 7.63. The first kappa shape index (κ1) is 40.1. The number of hydrogen-bond donors (Lipinski definition) is 0. The van der Waals surface area contributed by atoms with E-state index in [2.05, 4.69) is 287 Å². The fourth-order valence-electron chi connectivity index (χ4n) is 12.0. The zero-order valence-corrected chi connectivity index (χ0v) is 39.3. The molecule has 0 amide bonds. The highest BCUT2D eigenvalue weighted by Gasteiger charge is 2.44. The summed E-state index contributed by atoms with van der Waals surface area (Å²) in [5.74, 6) is 0. The fourth-order valence-corrected chi connectivity index (χ4v) is 16.9. The zero-order chi connectivity index (χ0) is 46.2. The van der Waals surface area contributed by atoms with E-state index in [-0.39, 0.29) is 0 Å². The van der Waals surface area contributed by atoms with Gasteiger partial charge >= 0.3 is 0 Å². The van der Waals surface area contributed by atoms with Crippen LogP contribution >= 0.6 is 0 Å². The molecule has 0 aliphatic heterocycles. The summed E-state index contributed by atoms with van der Waals surface area (Å²) in [6.45, 7) is 0. The van der Waals surface area contributed by atoms with E-state index in [0.717, 1.165) is 22.6 Å². The summed E-state index contributed by atoms with van der Waals surface area (Å²) in [5, 5.41) is 12.7. The van der Waals surface area contributed by atoms with Gasteiger partial charge < -0.3 is 13.7 Å². The lowest BCUT2D eigenvalue weighted by atomic mass is 10.0. The van der Waals surface area contributed by atoms with Crippen LogP contribution in [0.3, 0.4) is 0 Å². The molecule has 328 valence electrons. The van der Waals surface area contributed by atoms with Crippen LogP contribution < -0.4 is 20.7 Å². The molecule has 0 radical (unpaired) electrons. The number of fused-ring (bicyclic) bond motifs is 9. The Balaban J connectivity index is 1.20. The molecule has 70 heavy (non-hydrogen) atoms. The van der Waals surface area contributed by atoms with Gasteiger partial charge in [-0.3, -0.25) is 0 Å². The standard InChI is InChI=1S/C66H45N3Si/c1-5-24-46(25-6-1)51-32-13-18-37-57(51)68-61-41-22-17-36-55(61)65-62(68)42-23-43-63(65)69-60-40-21-16-35-54(60)56-44-47(67-58-38-19-14-33-52(58)53-34-15-20-39-59(53)67)45-64(66(56)69)70(48-26-7-2-8-27-48,49-28-9-3-10-29-49)50-30-11-4-12-31-50/h1-45H. The minimum Gasteiger partial charge on any atom is -0.309 e. The molecule has 0 aliphatic rings. The van der Waals surface area contributed by atoms with E-state index in [1.54, 1.807) is 0 Å². The second-order valence-electron chi connectivity index (χ2n) is 18.4. The normalized spacial score (nSPS) is 12.0. The van der Waals surface area contributed by atoms with Crippen molar-refractivity contribution >= 4 is 94.2 Å². The first-order chi connectivity index (χ1) is 34.8. The second kappa shape index (κ2) is 16.1. The third-order valence-electron chi connectivity index (χ3n) is 14.8. The summed E-state index contributed by atoms with van der Waals surface area (Å²) in [6, 6.07) is 102. The molecule has 14 rings (SSSR count). The van der Waals surface area contributed by atoms with Crippen LogP contribution in [0.1, 0.15) is 0 Å². The van der Waals surface area contributed by atoms with Gasteiger partial charge in [-0.25, -0.2) is 0 Å². The van der Waals surface area contributed by atoms with Crippen LogP contribution in [0, 0.1) is 0 Å². The van der Waals surface area contributed by atoms with E-state index in [1.807, 2.05) is 0 Å². The van der Waals surface area contributed by atoms with Crippen LogP contribution in [0.4, 0.5) is 0 Å². The molecule has 0 atom stereocenters. The van der Waals surface area contributed by atoms with E-state index >= 15 is 0 Å². The van der Waals surface area contributed by atoms with E-state index in [0.29, 0.717) is 0 Å². The molecule has 0 unspecified atom stereocenters. The number of nitrogens with zero attached hydrogens (tertiary/aromatic N) is 3. The van der Waals surface area contributed by atoms with Crippen molar-refractivity contribution in [1.82, 2.24) is 13.7 Å². The van der Waals surface area contributed by atoms with Crippen molar-refractivity contribution < 1.29 is 0 Å². The molecule has 0 spiro atoms. The quantitative estimate of drug-likeness (QED) is 0.107. The minimum atomic E-state index is -3.22. The molecular weight excluding hydrogens is 863 g/mol. The molecule has 3 nitrogen and oxygen atoms in total. The van der Waals surface area contributed by atoms with Gasteiger partial charge in [-0.15, -0.1) is 0 Å². The number of para-hydroxylation sites is 5. The Bertz CT molecular complexity index is 4130. The molecule has 0 saturated carbocycles. The van der Waals surface area contributed by atoms with Crippen LogP contribution in [0.5, 0.6) is 0 Å². The maximum absolute atomic E-state index is 3.22. The fraction of sp³-hybridized carbons (Fsp3) is 0. The average Bonchev–Trinajstić information content (AvgIpc) is 4.08. The molecule has 3 heterocycles. The van der Waals surface area contributed by atoms with Crippen molar-refractivity contribution in [2.75, 3.05) is 0 Å². The van der Waals surface area contributed by atoms with Crippen molar-refractivity contribution in [3.8, 4) is 28.2 Å². The van der Waals surface area contributed by atoms with Gasteiger partial charge in [0.2, 0.25) is 0 Å².